The number of likely N-dealkylation sites (tertiary alicyclic amines) is 1. The summed E-state index contributed by atoms with van der Waals surface area (Å²) in [7, 11) is 0. The van der Waals surface area contributed by atoms with Crippen LogP contribution in [0.4, 0.5) is 13.2 Å². The SMILES string of the molecule is CC1CC(CN)CN1C(=O)C1CCC(C(F)(F)F)NC1=O.Cl. The van der Waals surface area contributed by atoms with Crippen LogP contribution in [0.25, 0.3) is 0 Å². The van der Waals surface area contributed by atoms with Crippen molar-refractivity contribution in [2.24, 2.45) is 17.6 Å². The molecule has 0 bridgehead atoms. The van der Waals surface area contributed by atoms with Gasteiger partial charge in [-0.15, -0.1) is 12.4 Å². The Morgan fingerprint density at radius 1 is 1.41 bits per heavy atom. The maximum absolute atomic E-state index is 12.6. The van der Waals surface area contributed by atoms with Crippen LogP contribution < -0.4 is 11.1 Å². The van der Waals surface area contributed by atoms with Gasteiger partial charge < -0.3 is 16.0 Å². The van der Waals surface area contributed by atoms with Gasteiger partial charge in [0.15, 0.2) is 0 Å². The van der Waals surface area contributed by atoms with Crippen LogP contribution in [-0.2, 0) is 9.59 Å². The largest absolute Gasteiger partial charge is 0.408 e. The van der Waals surface area contributed by atoms with Crippen molar-refractivity contribution >= 4 is 24.2 Å². The van der Waals surface area contributed by atoms with Crippen molar-refractivity contribution in [1.82, 2.24) is 10.2 Å². The zero-order valence-electron chi connectivity index (χ0n) is 12.2. The van der Waals surface area contributed by atoms with E-state index in [4.69, 9.17) is 5.73 Å². The van der Waals surface area contributed by atoms with Gasteiger partial charge >= 0.3 is 6.18 Å². The molecule has 4 atom stereocenters. The van der Waals surface area contributed by atoms with Gasteiger partial charge in [-0.1, -0.05) is 0 Å². The molecule has 128 valence electrons. The molecule has 0 aliphatic carbocycles. The first-order chi connectivity index (χ1) is 9.74. The van der Waals surface area contributed by atoms with Crippen molar-refractivity contribution in [3.8, 4) is 0 Å². The van der Waals surface area contributed by atoms with Gasteiger partial charge in [0.1, 0.15) is 12.0 Å². The molecular weight excluding hydrogens is 323 g/mol. The third-order valence-corrected chi connectivity index (χ3v) is 4.35. The molecule has 5 nitrogen and oxygen atoms in total. The number of nitrogens with zero attached hydrogens (tertiary/aromatic N) is 1. The summed E-state index contributed by atoms with van der Waals surface area (Å²) in [6.07, 6.45) is -4.02. The molecule has 2 heterocycles. The van der Waals surface area contributed by atoms with E-state index in [9.17, 15) is 22.8 Å². The van der Waals surface area contributed by atoms with Crippen molar-refractivity contribution in [2.75, 3.05) is 13.1 Å². The molecule has 0 aromatic heterocycles. The molecule has 0 aromatic carbocycles. The fourth-order valence-electron chi connectivity index (χ4n) is 3.11. The van der Waals surface area contributed by atoms with Gasteiger partial charge in [0.25, 0.3) is 0 Å². The second-order valence-electron chi connectivity index (χ2n) is 5.91. The Kier molecular flexibility index (Phi) is 6.09. The average molecular weight is 344 g/mol. The zero-order chi connectivity index (χ0) is 15.8. The summed E-state index contributed by atoms with van der Waals surface area (Å²) >= 11 is 0. The number of halogens is 4. The van der Waals surface area contributed by atoms with E-state index in [0.29, 0.717) is 13.1 Å². The number of nitrogens with one attached hydrogen (secondary N) is 1. The molecule has 22 heavy (non-hydrogen) atoms. The Morgan fingerprint density at radius 2 is 2.05 bits per heavy atom. The van der Waals surface area contributed by atoms with Gasteiger partial charge in [0.2, 0.25) is 11.8 Å². The number of piperidine rings is 1. The lowest BCUT2D eigenvalue weighted by atomic mass is 9.92. The highest BCUT2D eigenvalue weighted by Gasteiger charge is 2.47. The van der Waals surface area contributed by atoms with Gasteiger partial charge in [-0.05, 0) is 38.6 Å². The second kappa shape index (κ2) is 7.04. The number of nitrogens with two attached hydrogens (primary N) is 1. The van der Waals surface area contributed by atoms with E-state index in [2.05, 4.69) is 0 Å². The number of hydrogen-bond acceptors (Lipinski definition) is 3. The van der Waals surface area contributed by atoms with E-state index >= 15 is 0 Å². The van der Waals surface area contributed by atoms with Gasteiger partial charge in [0, 0.05) is 12.6 Å². The third kappa shape index (κ3) is 3.84. The van der Waals surface area contributed by atoms with Gasteiger partial charge in [-0.3, -0.25) is 9.59 Å². The molecule has 2 aliphatic rings. The minimum Gasteiger partial charge on any atom is -0.344 e. The lowest BCUT2D eigenvalue weighted by Gasteiger charge is -2.33. The van der Waals surface area contributed by atoms with Crippen molar-refractivity contribution < 1.29 is 22.8 Å². The van der Waals surface area contributed by atoms with Crippen LogP contribution in [0.1, 0.15) is 26.2 Å². The Balaban J connectivity index is 0.00000242. The Hall–Kier alpha value is -1.02. The molecule has 2 aliphatic heterocycles. The van der Waals surface area contributed by atoms with Crippen molar-refractivity contribution in [3.05, 3.63) is 0 Å². The number of carbonyl (C=O) groups excluding carboxylic acids is 2. The number of amides is 2. The molecule has 2 rings (SSSR count). The molecule has 4 unspecified atom stereocenters. The van der Waals surface area contributed by atoms with Crippen LogP contribution in [0.2, 0.25) is 0 Å². The van der Waals surface area contributed by atoms with Gasteiger partial charge in [-0.2, -0.15) is 13.2 Å². The first kappa shape index (κ1) is 19.0. The highest BCUT2D eigenvalue weighted by atomic mass is 35.5. The molecule has 0 saturated carbocycles. The standard InChI is InChI=1S/C13H20F3N3O2.ClH/c1-7-4-8(5-17)6-19(7)12(21)9-2-3-10(13(14,15)16)18-11(9)20;/h7-10H,2-6,17H2,1H3,(H,18,20);1H. The minimum absolute atomic E-state index is 0. The van der Waals surface area contributed by atoms with Crippen molar-refractivity contribution in [1.29, 1.82) is 0 Å². The summed E-state index contributed by atoms with van der Waals surface area (Å²) in [6.45, 7) is 2.80. The van der Waals surface area contributed by atoms with Crippen molar-refractivity contribution in [3.63, 3.8) is 0 Å². The molecule has 0 spiro atoms. The molecule has 3 N–H and O–H groups in total. The molecule has 9 heteroatoms. The predicted molar refractivity (Wildman–Crippen MR) is 76.3 cm³/mol. The lowest BCUT2D eigenvalue weighted by Crippen LogP contribution is -2.55. The molecule has 0 radical (unpaired) electrons. The van der Waals surface area contributed by atoms with Crippen LogP contribution >= 0.6 is 12.4 Å². The summed E-state index contributed by atoms with van der Waals surface area (Å²) in [5, 5.41) is 1.91. The van der Waals surface area contributed by atoms with E-state index in [1.165, 1.54) is 0 Å². The van der Waals surface area contributed by atoms with Gasteiger partial charge in [-0.25, -0.2) is 0 Å². The average Bonchev–Trinajstić information content (AvgIpc) is 2.78. The summed E-state index contributed by atoms with van der Waals surface area (Å²) in [4.78, 5) is 25.8. The topological polar surface area (TPSA) is 75.4 Å². The molecule has 2 saturated heterocycles. The smallest absolute Gasteiger partial charge is 0.344 e. The quantitative estimate of drug-likeness (QED) is 0.736. The molecule has 2 amide bonds. The number of hydrogen-bond donors (Lipinski definition) is 2. The fourth-order valence-corrected chi connectivity index (χ4v) is 3.11. The monoisotopic (exact) mass is 343 g/mol. The number of alkyl halides is 3. The normalized spacial score (nSPS) is 32.4. The van der Waals surface area contributed by atoms with Crippen LogP contribution in [0.3, 0.4) is 0 Å². The Labute approximate surface area is 133 Å². The maximum Gasteiger partial charge on any atom is 0.408 e. The van der Waals surface area contributed by atoms with Crippen LogP contribution in [0.5, 0.6) is 0 Å². The zero-order valence-corrected chi connectivity index (χ0v) is 13.0. The number of rotatable bonds is 2. The fraction of sp³-hybridized carbons (Fsp3) is 0.846. The first-order valence-electron chi connectivity index (χ1n) is 7.11. The van der Waals surface area contributed by atoms with E-state index in [-0.39, 0.29) is 43.1 Å². The van der Waals surface area contributed by atoms with Gasteiger partial charge in [0.05, 0.1) is 0 Å². The van der Waals surface area contributed by atoms with E-state index in [1.807, 2.05) is 12.2 Å². The number of carbonyl (C=O) groups is 2. The Bertz CT molecular complexity index is 433. The summed E-state index contributed by atoms with van der Waals surface area (Å²) in [6, 6.07) is -1.87. The predicted octanol–water partition coefficient (Wildman–Crippen LogP) is 1.06. The first-order valence-corrected chi connectivity index (χ1v) is 7.11. The van der Waals surface area contributed by atoms with E-state index < -0.39 is 24.0 Å². The summed E-state index contributed by atoms with van der Waals surface area (Å²) in [5.41, 5.74) is 5.59. The van der Waals surface area contributed by atoms with E-state index in [0.717, 1.165) is 6.42 Å². The summed E-state index contributed by atoms with van der Waals surface area (Å²) in [5.74, 6) is -2.02. The maximum atomic E-state index is 12.6. The second-order valence-corrected chi connectivity index (χ2v) is 5.91. The molecule has 0 aromatic rings. The van der Waals surface area contributed by atoms with Crippen LogP contribution in [-0.4, -0.2) is 48.1 Å². The molecular formula is C13H21ClF3N3O2. The highest BCUT2D eigenvalue weighted by molar-refractivity contribution is 6.01. The lowest BCUT2D eigenvalue weighted by molar-refractivity contribution is -0.172. The summed E-state index contributed by atoms with van der Waals surface area (Å²) < 4.78 is 37.7. The molecule has 2 fully saturated rings. The Morgan fingerprint density at radius 3 is 2.50 bits per heavy atom. The van der Waals surface area contributed by atoms with E-state index in [1.54, 1.807) is 4.90 Å². The van der Waals surface area contributed by atoms with Crippen LogP contribution in [0.15, 0.2) is 0 Å². The third-order valence-electron chi connectivity index (χ3n) is 4.35. The minimum atomic E-state index is -4.46. The van der Waals surface area contributed by atoms with Crippen LogP contribution in [0, 0.1) is 11.8 Å². The van der Waals surface area contributed by atoms with Crippen molar-refractivity contribution in [2.45, 2.75) is 44.4 Å². The highest BCUT2D eigenvalue weighted by Crippen LogP contribution is 2.31.